The SMILES string of the molecule is Cc1ccc2c(c1)c1cc(C)ccc1n2-c1cc(-c2nc(-c3ccccc3)nc(-c3ccccc3)n2)cc(-n2c3ccc(C)cc3c3cc(C)ccc32)c1C(F)(F)F. The highest BCUT2D eigenvalue weighted by Crippen LogP contribution is 2.46. The maximum absolute atomic E-state index is 16.4. The zero-order valence-corrected chi connectivity index (χ0v) is 32.2. The van der Waals surface area contributed by atoms with Crippen molar-refractivity contribution in [2.24, 2.45) is 0 Å². The molecule has 7 aromatic carbocycles. The van der Waals surface area contributed by atoms with Gasteiger partial charge in [0, 0.05) is 38.2 Å². The predicted molar refractivity (Wildman–Crippen MR) is 229 cm³/mol. The van der Waals surface area contributed by atoms with Gasteiger partial charge in [0.25, 0.3) is 0 Å². The molecule has 5 nitrogen and oxygen atoms in total. The molecular formula is C50H36F3N5. The molecule has 0 saturated carbocycles. The molecule has 10 rings (SSSR count). The fourth-order valence-electron chi connectivity index (χ4n) is 8.34. The Balaban J connectivity index is 1.40. The summed E-state index contributed by atoms with van der Waals surface area (Å²) in [6.45, 7) is 8.00. The van der Waals surface area contributed by atoms with Crippen LogP contribution in [0.2, 0.25) is 0 Å². The average molecular weight is 764 g/mol. The van der Waals surface area contributed by atoms with E-state index in [4.69, 9.17) is 15.0 Å². The van der Waals surface area contributed by atoms with Gasteiger partial charge in [-0.15, -0.1) is 0 Å². The first-order valence-electron chi connectivity index (χ1n) is 19.2. The Kier molecular flexibility index (Phi) is 8.09. The molecule has 0 aliphatic heterocycles. The van der Waals surface area contributed by atoms with Crippen LogP contribution in [0.15, 0.2) is 146 Å². The summed E-state index contributed by atoms with van der Waals surface area (Å²) < 4.78 is 52.7. The second-order valence-electron chi connectivity index (χ2n) is 15.2. The highest BCUT2D eigenvalue weighted by atomic mass is 19.4. The van der Waals surface area contributed by atoms with Gasteiger partial charge in [-0.25, -0.2) is 15.0 Å². The molecule has 0 amide bonds. The molecule has 282 valence electrons. The molecule has 0 saturated heterocycles. The van der Waals surface area contributed by atoms with Gasteiger partial charge in [0.2, 0.25) is 0 Å². The van der Waals surface area contributed by atoms with Crippen LogP contribution in [0.3, 0.4) is 0 Å². The van der Waals surface area contributed by atoms with Gasteiger partial charge < -0.3 is 9.13 Å². The van der Waals surface area contributed by atoms with Crippen molar-refractivity contribution in [3.8, 4) is 45.5 Å². The monoisotopic (exact) mass is 763 g/mol. The molecule has 58 heavy (non-hydrogen) atoms. The number of fused-ring (bicyclic) bond motifs is 6. The average Bonchev–Trinajstić information content (AvgIpc) is 3.71. The lowest BCUT2D eigenvalue weighted by atomic mass is 10.0. The number of hydrogen-bond donors (Lipinski definition) is 0. The highest BCUT2D eigenvalue weighted by molar-refractivity contribution is 6.11. The lowest BCUT2D eigenvalue weighted by Crippen LogP contribution is -2.16. The zero-order valence-electron chi connectivity index (χ0n) is 32.2. The Morgan fingerprint density at radius 2 is 0.690 bits per heavy atom. The van der Waals surface area contributed by atoms with E-state index >= 15 is 13.2 Å². The predicted octanol–water partition coefficient (Wildman–Crippen LogP) is 13.3. The van der Waals surface area contributed by atoms with Crippen LogP contribution in [0.1, 0.15) is 27.8 Å². The second-order valence-corrected chi connectivity index (χ2v) is 15.2. The molecule has 0 N–H and O–H groups in total. The van der Waals surface area contributed by atoms with Crippen molar-refractivity contribution in [3.05, 3.63) is 173 Å². The lowest BCUT2D eigenvalue weighted by Gasteiger charge is -2.23. The van der Waals surface area contributed by atoms with E-state index in [2.05, 4.69) is 0 Å². The van der Waals surface area contributed by atoms with Gasteiger partial charge >= 0.3 is 6.18 Å². The third kappa shape index (κ3) is 5.83. The van der Waals surface area contributed by atoms with Gasteiger partial charge in [0.1, 0.15) is 5.56 Å². The summed E-state index contributed by atoms with van der Waals surface area (Å²) in [5, 5.41) is 3.50. The lowest BCUT2D eigenvalue weighted by molar-refractivity contribution is -0.137. The first-order valence-corrected chi connectivity index (χ1v) is 19.2. The van der Waals surface area contributed by atoms with Gasteiger partial charge in [-0.3, -0.25) is 0 Å². The van der Waals surface area contributed by atoms with E-state index in [9.17, 15) is 0 Å². The van der Waals surface area contributed by atoms with Crippen LogP contribution in [0.5, 0.6) is 0 Å². The quantitative estimate of drug-likeness (QED) is 0.175. The molecule has 0 radical (unpaired) electrons. The molecule has 0 aliphatic rings. The van der Waals surface area contributed by atoms with Crippen molar-refractivity contribution in [2.45, 2.75) is 33.9 Å². The molecule has 0 unspecified atom stereocenters. The van der Waals surface area contributed by atoms with E-state index in [0.29, 0.717) is 39.3 Å². The van der Waals surface area contributed by atoms with E-state index in [1.165, 1.54) is 0 Å². The van der Waals surface area contributed by atoms with Crippen molar-refractivity contribution in [3.63, 3.8) is 0 Å². The van der Waals surface area contributed by atoms with Crippen LogP contribution in [0.25, 0.3) is 89.2 Å². The number of aromatic nitrogens is 5. The standard InChI is InChI=1S/C50H36F3N5/c1-29-15-19-40-36(23-29)37-24-30(2)16-20-41(37)57(40)44-27-35(49-55-47(33-11-7-5-8-12-33)54-48(56-49)34-13-9-6-10-14-34)28-45(46(44)50(51,52)53)58-42-21-17-31(3)25-38(42)39-26-32(4)18-22-43(39)58/h5-28H,1-4H3. The van der Waals surface area contributed by atoms with Gasteiger partial charge in [-0.1, -0.05) is 107 Å². The van der Waals surface area contributed by atoms with E-state index in [0.717, 1.165) is 54.9 Å². The van der Waals surface area contributed by atoms with Crippen molar-refractivity contribution >= 4 is 43.6 Å². The number of halogens is 3. The Bertz CT molecular complexity index is 2930. The molecular weight excluding hydrogens is 728 g/mol. The normalized spacial score (nSPS) is 12.1. The zero-order chi connectivity index (χ0) is 39.9. The Morgan fingerprint density at radius 1 is 0.379 bits per heavy atom. The molecule has 0 atom stereocenters. The van der Waals surface area contributed by atoms with E-state index in [-0.39, 0.29) is 17.2 Å². The highest BCUT2D eigenvalue weighted by Gasteiger charge is 2.40. The Morgan fingerprint density at radius 3 is 1.00 bits per heavy atom. The van der Waals surface area contributed by atoms with E-state index in [1.807, 2.05) is 161 Å². The van der Waals surface area contributed by atoms with Crippen LogP contribution >= 0.6 is 0 Å². The van der Waals surface area contributed by atoms with Gasteiger partial charge in [0.15, 0.2) is 17.5 Å². The molecule has 3 aromatic heterocycles. The Hall–Kier alpha value is -7.06. The minimum atomic E-state index is -4.79. The Labute approximate surface area is 332 Å². The third-order valence-electron chi connectivity index (χ3n) is 11.0. The molecule has 0 fully saturated rings. The van der Waals surface area contributed by atoms with Gasteiger partial charge in [-0.2, -0.15) is 13.2 Å². The van der Waals surface area contributed by atoms with Crippen LogP contribution in [-0.2, 0) is 6.18 Å². The summed E-state index contributed by atoms with van der Waals surface area (Å²) >= 11 is 0. The number of hydrogen-bond acceptors (Lipinski definition) is 3. The summed E-state index contributed by atoms with van der Waals surface area (Å²) in [6, 6.07) is 46.0. The van der Waals surface area contributed by atoms with Crippen molar-refractivity contribution in [2.75, 3.05) is 0 Å². The second kappa shape index (κ2) is 13.3. The number of nitrogens with zero attached hydrogens (tertiary/aromatic N) is 5. The number of benzene rings is 7. The number of aryl methyl sites for hydroxylation is 4. The van der Waals surface area contributed by atoms with Crippen molar-refractivity contribution in [1.29, 1.82) is 0 Å². The maximum atomic E-state index is 16.4. The van der Waals surface area contributed by atoms with Crippen LogP contribution < -0.4 is 0 Å². The minimum Gasteiger partial charge on any atom is -0.309 e. The maximum Gasteiger partial charge on any atom is 0.420 e. The molecule has 0 bridgehead atoms. The smallest absolute Gasteiger partial charge is 0.309 e. The van der Waals surface area contributed by atoms with Crippen LogP contribution in [-0.4, -0.2) is 24.1 Å². The molecule has 8 heteroatoms. The van der Waals surface area contributed by atoms with Crippen LogP contribution in [0, 0.1) is 27.7 Å². The number of alkyl halides is 3. The summed E-state index contributed by atoms with van der Waals surface area (Å²) in [5.41, 5.74) is 7.85. The third-order valence-corrected chi connectivity index (χ3v) is 11.0. The fraction of sp³-hybridized carbons (Fsp3) is 0.100. The summed E-state index contributed by atoms with van der Waals surface area (Å²) in [5.74, 6) is 1.08. The fourth-order valence-corrected chi connectivity index (χ4v) is 8.34. The first-order chi connectivity index (χ1) is 28.0. The minimum absolute atomic E-state index is 0.0233. The largest absolute Gasteiger partial charge is 0.420 e. The molecule has 0 spiro atoms. The summed E-state index contributed by atoms with van der Waals surface area (Å²) in [6.07, 6.45) is -4.79. The van der Waals surface area contributed by atoms with E-state index < -0.39 is 11.7 Å². The topological polar surface area (TPSA) is 48.5 Å². The summed E-state index contributed by atoms with van der Waals surface area (Å²) in [7, 11) is 0. The van der Waals surface area contributed by atoms with Crippen molar-refractivity contribution in [1.82, 2.24) is 24.1 Å². The first kappa shape index (κ1) is 35.4. The van der Waals surface area contributed by atoms with E-state index in [1.54, 1.807) is 21.3 Å². The number of rotatable bonds is 5. The summed E-state index contributed by atoms with van der Waals surface area (Å²) in [4.78, 5) is 14.9. The van der Waals surface area contributed by atoms with Gasteiger partial charge in [0.05, 0.1) is 33.4 Å². The molecule has 0 aliphatic carbocycles. The van der Waals surface area contributed by atoms with Crippen molar-refractivity contribution < 1.29 is 13.2 Å². The molecule has 10 aromatic rings. The molecule has 3 heterocycles. The van der Waals surface area contributed by atoms with Gasteiger partial charge in [-0.05, 0) is 88.4 Å². The van der Waals surface area contributed by atoms with Crippen LogP contribution in [0.4, 0.5) is 13.2 Å².